The molecule has 0 bridgehead atoms. The molecule has 0 aliphatic carbocycles. The van der Waals surface area contributed by atoms with E-state index in [0.717, 1.165) is 0 Å². The van der Waals surface area contributed by atoms with Crippen LogP contribution in [-0.2, 0) is 9.53 Å². The van der Waals surface area contributed by atoms with Gasteiger partial charge in [-0.1, -0.05) is 12.1 Å². The number of ether oxygens (including phenoxy) is 1. The lowest BCUT2D eigenvalue weighted by atomic mass is 10.2. The fraction of sp³-hybridized carbons (Fsp3) is 0.385. The van der Waals surface area contributed by atoms with E-state index in [9.17, 15) is 14.0 Å². The van der Waals surface area contributed by atoms with E-state index in [-0.39, 0.29) is 12.1 Å². The van der Waals surface area contributed by atoms with Gasteiger partial charge in [0, 0.05) is 0 Å². The number of carbonyl (C=O) groups excluding carboxylic acids is 2. The van der Waals surface area contributed by atoms with Crippen LogP contribution >= 0.6 is 0 Å². The summed E-state index contributed by atoms with van der Waals surface area (Å²) in [6, 6.07) is 5.56. The molecular formula is C13H16FNO3. The molecular weight excluding hydrogens is 237 g/mol. The van der Waals surface area contributed by atoms with Crippen molar-refractivity contribution >= 4 is 11.9 Å². The number of nitrogens with one attached hydrogen (secondary N) is 1. The summed E-state index contributed by atoms with van der Waals surface area (Å²) in [5.74, 6) is -1.83. The molecule has 18 heavy (non-hydrogen) atoms. The van der Waals surface area contributed by atoms with Gasteiger partial charge in [0.25, 0.3) is 5.91 Å². The van der Waals surface area contributed by atoms with E-state index in [4.69, 9.17) is 4.74 Å². The van der Waals surface area contributed by atoms with E-state index in [1.807, 2.05) is 0 Å². The van der Waals surface area contributed by atoms with Gasteiger partial charge in [-0.15, -0.1) is 0 Å². The normalized spacial score (nSPS) is 10.9. The van der Waals surface area contributed by atoms with Crippen molar-refractivity contribution in [3.05, 3.63) is 35.6 Å². The highest BCUT2D eigenvalue weighted by atomic mass is 19.1. The molecule has 0 aliphatic heterocycles. The Labute approximate surface area is 105 Å². The van der Waals surface area contributed by atoms with Crippen molar-refractivity contribution in [3.63, 3.8) is 0 Å². The van der Waals surface area contributed by atoms with E-state index < -0.39 is 23.3 Å². The molecule has 0 atom stereocenters. The Bertz CT molecular complexity index is 452. The molecule has 98 valence electrons. The van der Waals surface area contributed by atoms with Crippen LogP contribution in [0.5, 0.6) is 0 Å². The van der Waals surface area contributed by atoms with Crippen LogP contribution in [0.3, 0.4) is 0 Å². The summed E-state index contributed by atoms with van der Waals surface area (Å²) >= 11 is 0. The average molecular weight is 253 g/mol. The molecule has 1 aromatic rings. The van der Waals surface area contributed by atoms with E-state index in [1.165, 1.54) is 18.2 Å². The van der Waals surface area contributed by atoms with Gasteiger partial charge in [0.2, 0.25) is 0 Å². The number of hydrogen-bond acceptors (Lipinski definition) is 3. The monoisotopic (exact) mass is 253 g/mol. The van der Waals surface area contributed by atoms with Crippen LogP contribution in [0, 0.1) is 5.82 Å². The lowest BCUT2D eigenvalue weighted by molar-refractivity contribution is -0.153. The molecule has 0 saturated heterocycles. The second kappa shape index (κ2) is 5.62. The molecule has 0 heterocycles. The molecule has 0 saturated carbocycles. The fourth-order valence-corrected chi connectivity index (χ4v) is 1.27. The topological polar surface area (TPSA) is 55.4 Å². The number of esters is 1. The summed E-state index contributed by atoms with van der Waals surface area (Å²) < 4.78 is 18.3. The van der Waals surface area contributed by atoms with Crippen LogP contribution in [-0.4, -0.2) is 24.0 Å². The van der Waals surface area contributed by atoms with Crippen molar-refractivity contribution in [2.24, 2.45) is 0 Å². The standard InChI is InChI=1S/C13H16FNO3/c1-13(2,3)18-11(16)8-15-12(17)9-6-4-5-7-10(9)14/h4-7H,8H2,1-3H3,(H,15,17). The lowest BCUT2D eigenvalue weighted by Gasteiger charge is -2.19. The SMILES string of the molecule is CC(C)(C)OC(=O)CNC(=O)c1ccccc1F. The zero-order valence-electron chi connectivity index (χ0n) is 10.6. The van der Waals surface area contributed by atoms with Crippen LogP contribution < -0.4 is 5.32 Å². The van der Waals surface area contributed by atoms with Gasteiger partial charge in [0.15, 0.2) is 0 Å². The van der Waals surface area contributed by atoms with Gasteiger partial charge in [0.1, 0.15) is 18.0 Å². The Kier molecular flexibility index (Phi) is 4.42. The third kappa shape index (κ3) is 4.53. The van der Waals surface area contributed by atoms with Gasteiger partial charge in [-0.25, -0.2) is 4.39 Å². The van der Waals surface area contributed by atoms with Gasteiger partial charge < -0.3 is 10.1 Å². The van der Waals surface area contributed by atoms with Crippen molar-refractivity contribution in [1.82, 2.24) is 5.32 Å². The Hall–Kier alpha value is -1.91. The van der Waals surface area contributed by atoms with Crippen LogP contribution in [0.25, 0.3) is 0 Å². The second-order valence-corrected chi connectivity index (χ2v) is 4.75. The van der Waals surface area contributed by atoms with E-state index in [1.54, 1.807) is 26.8 Å². The van der Waals surface area contributed by atoms with Gasteiger partial charge in [0.05, 0.1) is 5.56 Å². The number of hydrogen-bond donors (Lipinski definition) is 1. The van der Waals surface area contributed by atoms with E-state index in [0.29, 0.717) is 0 Å². The first-order chi connectivity index (χ1) is 8.29. The molecule has 1 amide bonds. The summed E-state index contributed by atoms with van der Waals surface area (Å²) in [6.07, 6.45) is 0. The molecule has 5 heteroatoms. The predicted molar refractivity (Wildman–Crippen MR) is 64.6 cm³/mol. The second-order valence-electron chi connectivity index (χ2n) is 4.75. The number of carbonyl (C=O) groups is 2. The Morgan fingerprint density at radius 3 is 2.44 bits per heavy atom. The summed E-state index contributed by atoms with van der Waals surface area (Å²) in [7, 11) is 0. The van der Waals surface area contributed by atoms with Gasteiger partial charge in [-0.2, -0.15) is 0 Å². The zero-order chi connectivity index (χ0) is 13.8. The molecule has 0 fully saturated rings. The first kappa shape index (κ1) is 14.2. The minimum absolute atomic E-state index is 0.0962. The molecule has 4 nitrogen and oxygen atoms in total. The van der Waals surface area contributed by atoms with E-state index in [2.05, 4.69) is 5.32 Å². The largest absolute Gasteiger partial charge is 0.459 e. The van der Waals surface area contributed by atoms with Crippen molar-refractivity contribution in [1.29, 1.82) is 0 Å². The summed E-state index contributed by atoms with van der Waals surface area (Å²) in [5.41, 5.74) is -0.708. The Morgan fingerprint density at radius 2 is 1.89 bits per heavy atom. The average Bonchev–Trinajstić information content (AvgIpc) is 2.24. The van der Waals surface area contributed by atoms with Crippen molar-refractivity contribution in [3.8, 4) is 0 Å². The molecule has 0 aliphatic rings. The predicted octanol–water partition coefficient (Wildman–Crippen LogP) is 1.90. The third-order valence-corrected chi connectivity index (χ3v) is 1.93. The number of rotatable bonds is 3. The van der Waals surface area contributed by atoms with Crippen molar-refractivity contribution in [2.75, 3.05) is 6.54 Å². The molecule has 0 radical (unpaired) electrons. The third-order valence-electron chi connectivity index (χ3n) is 1.93. The fourth-order valence-electron chi connectivity index (χ4n) is 1.27. The molecule has 1 N–H and O–H groups in total. The number of amides is 1. The minimum Gasteiger partial charge on any atom is -0.459 e. The Morgan fingerprint density at radius 1 is 1.28 bits per heavy atom. The van der Waals surface area contributed by atoms with Gasteiger partial charge in [-0.05, 0) is 32.9 Å². The van der Waals surface area contributed by atoms with E-state index >= 15 is 0 Å². The van der Waals surface area contributed by atoms with Crippen LogP contribution in [0.15, 0.2) is 24.3 Å². The highest BCUT2D eigenvalue weighted by Crippen LogP contribution is 2.07. The quantitative estimate of drug-likeness (QED) is 0.837. The molecule has 1 aromatic carbocycles. The number of benzene rings is 1. The minimum atomic E-state index is -0.640. The van der Waals surface area contributed by atoms with Crippen LogP contribution in [0.2, 0.25) is 0 Å². The lowest BCUT2D eigenvalue weighted by Crippen LogP contribution is -2.34. The zero-order valence-corrected chi connectivity index (χ0v) is 10.6. The highest BCUT2D eigenvalue weighted by Gasteiger charge is 2.17. The molecule has 0 unspecified atom stereocenters. The molecule has 0 aromatic heterocycles. The maximum absolute atomic E-state index is 13.3. The summed E-state index contributed by atoms with van der Waals surface area (Å²) in [5, 5.41) is 2.31. The van der Waals surface area contributed by atoms with Crippen LogP contribution in [0.4, 0.5) is 4.39 Å². The Balaban J connectivity index is 2.52. The summed E-state index contributed by atoms with van der Waals surface area (Å²) in [4.78, 5) is 22.9. The summed E-state index contributed by atoms with van der Waals surface area (Å²) in [6.45, 7) is 4.89. The smallest absolute Gasteiger partial charge is 0.325 e. The first-order valence-corrected chi connectivity index (χ1v) is 5.54. The maximum Gasteiger partial charge on any atom is 0.325 e. The van der Waals surface area contributed by atoms with Gasteiger partial charge in [-0.3, -0.25) is 9.59 Å². The number of halogens is 1. The van der Waals surface area contributed by atoms with Crippen molar-refractivity contribution in [2.45, 2.75) is 26.4 Å². The highest BCUT2D eigenvalue weighted by molar-refractivity contribution is 5.96. The van der Waals surface area contributed by atoms with Gasteiger partial charge >= 0.3 is 5.97 Å². The first-order valence-electron chi connectivity index (χ1n) is 5.54. The van der Waals surface area contributed by atoms with Crippen LogP contribution in [0.1, 0.15) is 31.1 Å². The maximum atomic E-state index is 13.3. The molecule has 0 spiro atoms. The van der Waals surface area contributed by atoms with Crippen molar-refractivity contribution < 1.29 is 18.7 Å². The molecule has 1 rings (SSSR count).